The van der Waals surface area contributed by atoms with Gasteiger partial charge in [-0.3, -0.25) is 0 Å². The van der Waals surface area contributed by atoms with E-state index in [0.717, 1.165) is 18.8 Å². The van der Waals surface area contributed by atoms with Gasteiger partial charge in [0.1, 0.15) is 5.60 Å². The molecule has 0 aromatic carbocycles. The molecule has 0 saturated heterocycles. The van der Waals surface area contributed by atoms with Crippen molar-refractivity contribution in [3.63, 3.8) is 0 Å². The number of alkyl carbamates (subject to hydrolysis) is 1. The van der Waals surface area contributed by atoms with Crippen molar-refractivity contribution >= 4 is 6.09 Å². The van der Waals surface area contributed by atoms with Crippen LogP contribution in [0.25, 0.3) is 0 Å². The lowest BCUT2D eigenvalue weighted by Crippen LogP contribution is -2.36. The van der Waals surface area contributed by atoms with Gasteiger partial charge in [0.25, 0.3) is 0 Å². The van der Waals surface area contributed by atoms with Gasteiger partial charge in [-0.1, -0.05) is 0 Å². The standard InChI is InChI=1S/C9H15NO2/c1-8(2,3)12-7(11)10-9-4-6(9)5-9/h6H,4-5H2,1-3H3,(H,10,11). The van der Waals surface area contributed by atoms with E-state index in [-0.39, 0.29) is 17.2 Å². The van der Waals surface area contributed by atoms with Crippen molar-refractivity contribution in [3.8, 4) is 0 Å². The highest BCUT2D eigenvalue weighted by Crippen LogP contribution is 2.66. The van der Waals surface area contributed by atoms with Crippen LogP contribution in [-0.4, -0.2) is 17.2 Å². The first-order valence-corrected chi connectivity index (χ1v) is 4.42. The molecule has 3 nitrogen and oxygen atoms in total. The van der Waals surface area contributed by atoms with Gasteiger partial charge in [-0.15, -0.1) is 0 Å². The first-order valence-electron chi connectivity index (χ1n) is 4.42. The number of carbonyl (C=O) groups is 1. The van der Waals surface area contributed by atoms with E-state index < -0.39 is 0 Å². The lowest BCUT2D eigenvalue weighted by atomic mass is 10.2. The Labute approximate surface area is 72.5 Å². The summed E-state index contributed by atoms with van der Waals surface area (Å²) in [5.74, 6) is 0.769. The number of fused-ring (bicyclic) bond motifs is 1. The van der Waals surface area contributed by atoms with E-state index in [1.54, 1.807) is 0 Å². The van der Waals surface area contributed by atoms with E-state index in [1.807, 2.05) is 20.8 Å². The van der Waals surface area contributed by atoms with Gasteiger partial charge in [0, 0.05) is 5.54 Å². The summed E-state index contributed by atoms with van der Waals surface area (Å²) in [6.45, 7) is 5.63. The second-order valence-electron chi connectivity index (χ2n) is 4.89. The fourth-order valence-electron chi connectivity index (χ4n) is 1.41. The summed E-state index contributed by atoms with van der Waals surface area (Å²) in [6.07, 6.45) is 2.06. The molecule has 2 aliphatic rings. The molecule has 2 fully saturated rings. The van der Waals surface area contributed by atoms with Gasteiger partial charge >= 0.3 is 6.09 Å². The molecule has 0 aliphatic heterocycles. The molecule has 0 radical (unpaired) electrons. The molecule has 3 heteroatoms. The summed E-state index contributed by atoms with van der Waals surface area (Å²) in [4.78, 5) is 11.2. The Morgan fingerprint density at radius 2 is 2.00 bits per heavy atom. The first-order chi connectivity index (χ1) is 5.41. The minimum atomic E-state index is -0.375. The largest absolute Gasteiger partial charge is 0.444 e. The van der Waals surface area contributed by atoms with Crippen LogP contribution in [0.15, 0.2) is 0 Å². The summed E-state index contributed by atoms with van der Waals surface area (Å²) in [6, 6.07) is 0. The number of rotatable bonds is 1. The molecule has 0 aromatic heterocycles. The van der Waals surface area contributed by atoms with Gasteiger partial charge in [-0.25, -0.2) is 4.79 Å². The van der Waals surface area contributed by atoms with Gasteiger partial charge in [0.2, 0.25) is 0 Å². The molecule has 0 unspecified atom stereocenters. The molecule has 2 aliphatic carbocycles. The summed E-state index contributed by atoms with van der Waals surface area (Å²) in [5, 5.41) is 2.90. The molecule has 0 atom stereocenters. The van der Waals surface area contributed by atoms with Crippen LogP contribution >= 0.6 is 0 Å². The predicted molar refractivity (Wildman–Crippen MR) is 44.8 cm³/mol. The molecule has 0 heterocycles. The molecule has 0 spiro atoms. The molecule has 2 rings (SSSR count). The number of carbonyl (C=O) groups excluding carboxylic acids is 1. The summed E-state index contributed by atoms with van der Waals surface area (Å²) < 4.78 is 5.13. The lowest BCUT2D eigenvalue weighted by molar-refractivity contribution is 0.0511. The van der Waals surface area contributed by atoms with Crippen molar-refractivity contribution in [1.29, 1.82) is 0 Å². The Hall–Kier alpha value is -0.730. The molecule has 0 aromatic rings. The third kappa shape index (κ3) is 1.40. The predicted octanol–water partition coefficient (Wildman–Crippen LogP) is 1.67. The smallest absolute Gasteiger partial charge is 0.408 e. The van der Waals surface area contributed by atoms with E-state index in [2.05, 4.69) is 5.32 Å². The third-order valence-corrected chi connectivity index (χ3v) is 2.43. The normalized spacial score (nSPS) is 36.8. The summed E-state index contributed by atoms with van der Waals surface area (Å²) in [7, 11) is 0. The minimum Gasteiger partial charge on any atom is -0.444 e. The second-order valence-corrected chi connectivity index (χ2v) is 4.89. The van der Waals surface area contributed by atoms with Crippen LogP contribution in [0.3, 0.4) is 0 Å². The van der Waals surface area contributed by atoms with E-state index in [4.69, 9.17) is 4.74 Å². The fourth-order valence-corrected chi connectivity index (χ4v) is 1.41. The number of amides is 1. The average Bonchev–Trinajstić information content (AvgIpc) is 2.45. The van der Waals surface area contributed by atoms with Gasteiger partial charge in [0.05, 0.1) is 0 Å². The van der Waals surface area contributed by atoms with Crippen LogP contribution in [0.5, 0.6) is 0 Å². The fraction of sp³-hybridized carbons (Fsp3) is 0.889. The molecular formula is C9H15NO2. The van der Waals surface area contributed by atoms with Crippen molar-refractivity contribution in [2.45, 2.75) is 44.8 Å². The highest BCUT2D eigenvalue weighted by Gasteiger charge is 2.71. The highest BCUT2D eigenvalue weighted by atomic mass is 16.6. The lowest BCUT2D eigenvalue weighted by Gasteiger charge is -2.20. The number of hydrogen-bond acceptors (Lipinski definition) is 2. The van der Waals surface area contributed by atoms with Crippen molar-refractivity contribution in [2.75, 3.05) is 0 Å². The van der Waals surface area contributed by atoms with Crippen molar-refractivity contribution in [1.82, 2.24) is 5.32 Å². The van der Waals surface area contributed by atoms with Crippen molar-refractivity contribution in [3.05, 3.63) is 0 Å². The Morgan fingerprint density at radius 1 is 1.50 bits per heavy atom. The van der Waals surface area contributed by atoms with Gasteiger partial charge < -0.3 is 10.1 Å². The van der Waals surface area contributed by atoms with Crippen LogP contribution in [0.1, 0.15) is 33.6 Å². The van der Waals surface area contributed by atoms with E-state index >= 15 is 0 Å². The average molecular weight is 169 g/mol. The number of hydrogen-bond donors (Lipinski definition) is 1. The topological polar surface area (TPSA) is 38.3 Å². The molecule has 1 amide bonds. The molecule has 0 bridgehead atoms. The number of nitrogens with one attached hydrogen (secondary N) is 1. The van der Waals surface area contributed by atoms with E-state index in [0.29, 0.717) is 0 Å². The van der Waals surface area contributed by atoms with E-state index in [9.17, 15) is 4.79 Å². The van der Waals surface area contributed by atoms with Crippen LogP contribution in [0.4, 0.5) is 4.79 Å². The third-order valence-electron chi connectivity index (χ3n) is 2.43. The van der Waals surface area contributed by atoms with Gasteiger partial charge in [-0.2, -0.15) is 0 Å². The molecule has 68 valence electrons. The molecule has 12 heavy (non-hydrogen) atoms. The Bertz CT molecular complexity index is 217. The first kappa shape index (κ1) is 7.90. The zero-order valence-electron chi connectivity index (χ0n) is 7.81. The Kier molecular flexibility index (Phi) is 1.28. The monoisotopic (exact) mass is 169 g/mol. The molecule has 1 N–H and O–H groups in total. The Morgan fingerprint density at radius 3 is 2.33 bits per heavy atom. The zero-order valence-corrected chi connectivity index (χ0v) is 7.81. The van der Waals surface area contributed by atoms with Crippen LogP contribution in [0, 0.1) is 5.92 Å². The minimum absolute atomic E-state index is 0.183. The van der Waals surface area contributed by atoms with Crippen molar-refractivity contribution in [2.24, 2.45) is 5.92 Å². The van der Waals surface area contributed by atoms with Crippen LogP contribution in [0.2, 0.25) is 0 Å². The van der Waals surface area contributed by atoms with Gasteiger partial charge in [-0.05, 0) is 39.5 Å². The van der Waals surface area contributed by atoms with Crippen LogP contribution in [-0.2, 0) is 4.74 Å². The maximum absolute atomic E-state index is 11.2. The maximum atomic E-state index is 11.2. The highest BCUT2D eigenvalue weighted by molar-refractivity contribution is 5.71. The van der Waals surface area contributed by atoms with E-state index in [1.165, 1.54) is 0 Å². The SMILES string of the molecule is CC(C)(C)OC(=O)NC12CC1C2. The maximum Gasteiger partial charge on any atom is 0.408 e. The van der Waals surface area contributed by atoms with Crippen molar-refractivity contribution < 1.29 is 9.53 Å². The second kappa shape index (κ2) is 1.95. The number of ether oxygens (including phenoxy) is 1. The molecular weight excluding hydrogens is 154 g/mol. The summed E-state index contributed by atoms with van der Waals surface area (Å²) in [5.41, 5.74) is -0.192. The zero-order chi connectivity index (χ0) is 8.98. The quantitative estimate of drug-likeness (QED) is 0.648. The van der Waals surface area contributed by atoms with Gasteiger partial charge in [0.15, 0.2) is 0 Å². The summed E-state index contributed by atoms with van der Waals surface area (Å²) >= 11 is 0. The Balaban J connectivity index is 1.77. The molecule has 2 saturated carbocycles. The van der Waals surface area contributed by atoms with Crippen LogP contribution < -0.4 is 5.32 Å².